The Morgan fingerprint density at radius 1 is 0.484 bits per heavy atom. The highest BCUT2D eigenvalue weighted by atomic mass is 16.3. The molecular formula is C25H18O6. The zero-order chi connectivity index (χ0) is 21.9. The number of phenols is 6. The molecule has 0 unspecified atom stereocenters. The van der Waals surface area contributed by atoms with E-state index in [0.29, 0.717) is 17.5 Å². The van der Waals surface area contributed by atoms with Crippen molar-refractivity contribution in [2.24, 2.45) is 0 Å². The van der Waals surface area contributed by atoms with Gasteiger partial charge in [0.2, 0.25) is 0 Å². The molecule has 6 N–H and O–H groups in total. The van der Waals surface area contributed by atoms with E-state index in [2.05, 4.69) is 0 Å². The lowest BCUT2D eigenvalue weighted by Crippen LogP contribution is -1.95. The van der Waals surface area contributed by atoms with Gasteiger partial charge in [-0.3, -0.25) is 0 Å². The lowest BCUT2D eigenvalue weighted by molar-refractivity contribution is 0.428. The smallest absolute Gasteiger partial charge is 0.130 e. The van der Waals surface area contributed by atoms with Crippen LogP contribution in [0.5, 0.6) is 34.5 Å². The molecule has 0 aliphatic heterocycles. The lowest BCUT2D eigenvalue weighted by Gasteiger charge is -2.19. The van der Waals surface area contributed by atoms with Crippen LogP contribution in [0.25, 0.3) is 33.4 Å². The van der Waals surface area contributed by atoms with E-state index in [1.807, 2.05) is 30.3 Å². The second-order valence-electron chi connectivity index (χ2n) is 7.57. The highest BCUT2D eigenvalue weighted by Gasteiger charge is 2.29. The van der Waals surface area contributed by atoms with Gasteiger partial charge in [0.05, 0.1) is 11.1 Å². The van der Waals surface area contributed by atoms with Gasteiger partial charge in [-0.2, -0.15) is 0 Å². The fraction of sp³-hybridized carbons (Fsp3) is 0.0400. The summed E-state index contributed by atoms with van der Waals surface area (Å²) in [7, 11) is 0. The molecule has 4 aromatic carbocycles. The predicted octanol–water partition coefficient (Wildman–Crippen LogP) is 4.83. The first-order chi connectivity index (χ1) is 14.8. The van der Waals surface area contributed by atoms with E-state index in [-0.39, 0.29) is 45.6 Å². The van der Waals surface area contributed by atoms with Crippen molar-refractivity contribution in [3.63, 3.8) is 0 Å². The van der Waals surface area contributed by atoms with Gasteiger partial charge in [-0.05, 0) is 34.2 Å². The third-order valence-corrected chi connectivity index (χ3v) is 5.67. The van der Waals surface area contributed by atoms with Gasteiger partial charge in [0.1, 0.15) is 34.5 Å². The fourth-order valence-corrected chi connectivity index (χ4v) is 4.43. The quantitative estimate of drug-likeness (QED) is 0.246. The van der Waals surface area contributed by atoms with Crippen molar-refractivity contribution >= 4 is 0 Å². The topological polar surface area (TPSA) is 121 Å². The molecule has 0 aromatic heterocycles. The van der Waals surface area contributed by atoms with Crippen molar-refractivity contribution in [1.82, 2.24) is 0 Å². The SMILES string of the molecule is Oc1cc(O)c(-c2ccc3c(c2-c2c(O)cc(O)cc2O)Cc2ccccc2-3)c(O)c1. The second-order valence-corrected chi connectivity index (χ2v) is 7.57. The van der Waals surface area contributed by atoms with Crippen molar-refractivity contribution in [3.8, 4) is 67.9 Å². The molecule has 6 nitrogen and oxygen atoms in total. The van der Waals surface area contributed by atoms with E-state index in [1.165, 1.54) is 0 Å². The maximum absolute atomic E-state index is 10.6. The van der Waals surface area contributed by atoms with Crippen LogP contribution < -0.4 is 0 Å². The Hall–Kier alpha value is -4.32. The van der Waals surface area contributed by atoms with Crippen molar-refractivity contribution < 1.29 is 30.6 Å². The zero-order valence-corrected chi connectivity index (χ0v) is 16.2. The maximum atomic E-state index is 10.6. The van der Waals surface area contributed by atoms with Crippen molar-refractivity contribution in [2.45, 2.75) is 6.42 Å². The number of hydrogen-bond donors (Lipinski definition) is 6. The van der Waals surface area contributed by atoms with Gasteiger partial charge < -0.3 is 30.6 Å². The molecule has 6 heteroatoms. The number of rotatable bonds is 2. The van der Waals surface area contributed by atoms with E-state index in [1.54, 1.807) is 6.07 Å². The van der Waals surface area contributed by atoms with Gasteiger partial charge in [0, 0.05) is 29.8 Å². The van der Waals surface area contributed by atoms with Crippen molar-refractivity contribution in [3.05, 3.63) is 71.8 Å². The molecule has 154 valence electrons. The Morgan fingerprint density at radius 2 is 1.00 bits per heavy atom. The summed E-state index contributed by atoms with van der Waals surface area (Å²) in [6.07, 6.45) is 0.508. The van der Waals surface area contributed by atoms with Gasteiger partial charge in [-0.25, -0.2) is 0 Å². The van der Waals surface area contributed by atoms with Gasteiger partial charge in [-0.15, -0.1) is 0 Å². The van der Waals surface area contributed by atoms with Gasteiger partial charge in [-0.1, -0.05) is 36.4 Å². The summed E-state index contributed by atoms with van der Waals surface area (Å²) in [5, 5.41) is 61.8. The van der Waals surface area contributed by atoms with Crippen LogP contribution >= 0.6 is 0 Å². The first-order valence-corrected chi connectivity index (χ1v) is 9.60. The molecule has 0 atom stereocenters. The minimum Gasteiger partial charge on any atom is -0.508 e. The van der Waals surface area contributed by atoms with Crippen LogP contribution in [0.2, 0.25) is 0 Å². The number of hydrogen-bond acceptors (Lipinski definition) is 6. The van der Waals surface area contributed by atoms with E-state index >= 15 is 0 Å². The largest absolute Gasteiger partial charge is 0.508 e. The Labute approximate surface area is 177 Å². The van der Waals surface area contributed by atoms with Gasteiger partial charge in [0.15, 0.2) is 0 Å². The molecule has 31 heavy (non-hydrogen) atoms. The van der Waals surface area contributed by atoms with Crippen molar-refractivity contribution in [2.75, 3.05) is 0 Å². The molecule has 0 bridgehead atoms. The molecule has 0 fully saturated rings. The second kappa shape index (κ2) is 6.60. The summed E-state index contributed by atoms with van der Waals surface area (Å²) >= 11 is 0. The van der Waals surface area contributed by atoms with Crippen LogP contribution in [0.4, 0.5) is 0 Å². The van der Waals surface area contributed by atoms with E-state index < -0.39 is 0 Å². The molecule has 1 aliphatic rings. The number of fused-ring (bicyclic) bond motifs is 3. The minimum atomic E-state index is -0.355. The molecule has 0 saturated carbocycles. The fourth-order valence-electron chi connectivity index (χ4n) is 4.43. The van der Waals surface area contributed by atoms with Crippen LogP contribution in [0, 0.1) is 0 Å². The summed E-state index contributed by atoms with van der Waals surface area (Å²) in [4.78, 5) is 0. The Bertz CT molecular complexity index is 1330. The third kappa shape index (κ3) is 2.80. The average Bonchev–Trinajstić information content (AvgIpc) is 3.06. The first kappa shape index (κ1) is 18.7. The third-order valence-electron chi connectivity index (χ3n) is 5.67. The summed E-state index contributed by atoms with van der Waals surface area (Å²) in [5.74, 6) is -2.00. The summed E-state index contributed by atoms with van der Waals surface area (Å²) in [6.45, 7) is 0. The standard InChI is InChI=1S/C25H18O6/c26-13-8-19(28)24(20(29)9-13)17-6-5-16-15-4-2-1-3-12(15)7-18(16)23(17)25-21(30)10-14(27)11-22(25)31/h1-6,8-11,26-31H,7H2. The highest BCUT2D eigenvalue weighted by molar-refractivity contribution is 5.99. The molecule has 5 rings (SSSR count). The number of benzene rings is 4. The maximum Gasteiger partial charge on any atom is 0.130 e. The zero-order valence-electron chi connectivity index (χ0n) is 16.2. The molecule has 0 amide bonds. The monoisotopic (exact) mass is 414 g/mol. The highest BCUT2D eigenvalue weighted by Crippen LogP contribution is 2.53. The number of phenolic OH excluding ortho intramolecular Hbond substituents is 6. The number of aromatic hydroxyl groups is 6. The molecule has 4 aromatic rings. The Kier molecular flexibility index (Phi) is 3.98. The van der Waals surface area contributed by atoms with Crippen molar-refractivity contribution in [1.29, 1.82) is 0 Å². The molecular weight excluding hydrogens is 396 g/mol. The summed E-state index contributed by atoms with van der Waals surface area (Å²) in [6, 6.07) is 15.8. The van der Waals surface area contributed by atoms with Crippen LogP contribution in [0.15, 0.2) is 60.7 Å². The summed E-state index contributed by atoms with van der Waals surface area (Å²) < 4.78 is 0. The van der Waals surface area contributed by atoms with Crippen LogP contribution in [0.1, 0.15) is 11.1 Å². The van der Waals surface area contributed by atoms with E-state index in [4.69, 9.17) is 0 Å². The van der Waals surface area contributed by atoms with Gasteiger partial charge >= 0.3 is 0 Å². The molecule has 0 spiro atoms. The molecule has 0 saturated heterocycles. The normalized spacial score (nSPS) is 11.9. The first-order valence-electron chi connectivity index (χ1n) is 9.60. The Balaban J connectivity index is 1.90. The summed E-state index contributed by atoms with van der Waals surface area (Å²) in [5.41, 5.74) is 4.68. The van der Waals surface area contributed by atoms with E-state index in [9.17, 15) is 30.6 Å². The molecule has 0 radical (unpaired) electrons. The lowest BCUT2D eigenvalue weighted by atomic mass is 9.86. The minimum absolute atomic E-state index is 0.0541. The van der Waals surface area contributed by atoms with Crippen LogP contribution in [-0.4, -0.2) is 30.6 Å². The average molecular weight is 414 g/mol. The molecule has 1 aliphatic carbocycles. The van der Waals surface area contributed by atoms with Crippen LogP contribution in [-0.2, 0) is 6.42 Å². The predicted molar refractivity (Wildman–Crippen MR) is 116 cm³/mol. The van der Waals surface area contributed by atoms with E-state index in [0.717, 1.165) is 46.5 Å². The van der Waals surface area contributed by atoms with Gasteiger partial charge in [0.25, 0.3) is 0 Å². The van der Waals surface area contributed by atoms with Crippen LogP contribution in [0.3, 0.4) is 0 Å². The Morgan fingerprint density at radius 3 is 1.61 bits per heavy atom. The molecule has 0 heterocycles.